The number of nitrogen functional groups attached to an aromatic ring is 1. The van der Waals surface area contributed by atoms with Crippen LogP contribution in [-0.2, 0) is 6.42 Å². The molecule has 0 radical (unpaired) electrons. The molecule has 0 aliphatic rings. The second-order valence-electron chi connectivity index (χ2n) is 5.57. The first-order valence-corrected chi connectivity index (χ1v) is 6.11. The number of rotatable bonds is 3. The molecule has 0 aliphatic carbocycles. The molecule has 4 heteroatoms. The van der Waals surface area contributed by atoms with Gasteiger partial charge in [-0.15, -0.1) is 0 Å². The zero-order valence-corrected chi connectivity index (χ0v) is 11.8. The second-order valence-corrected chi connectivity index (χ2v) is 5.57. The summed E-state index contributed by atoms with van der Waals surface area (Å²) in [5, 5.41) is 0. The fraction of sp³-hybridized carbons (Fsp3) is 0.692. The highest BCUT2D eigenvalue weighted by Gasteiger charge is 2.26. The van der Waals surface area contributed by atoms with Gasteiger partial charge in [-0.2, -0.15) is 0 Å². The standard InChI is InChI=1S/C13H24N4/c1-7-10-11(14)15-8-16-12(10)17(6)9(2)13(3,4)5/h8-9H,7H2,1-6H3,(H2,14,15,16). The molecule has 0 aliphatic heterocycles. The summed E-state index contributed by atoms with van der Waals surface area (Å²) in [6.07, 6.45) is 2.39. The van der Waals surface area contributed by atoms with Crippen molar-refractivity contribution < 1.29 is 0 Å². The van der Waals surface area contributed by atoms with Gasteiger partial charge in [-0.05, 0) is 18.8 Å². The molecule has 2 N–H and O–H groups in total. The summed E-state index contributed by atoms with van der Waals surface area (Å²) in [4.78, 5) is 10.6. The Labute approximate surface area is 104 Å². The fourth-order valence-electron chi connectivity index (χ4n) is 1.82. The predicted molar refractivity (Wildman–Crippen MR) is 73.1 cm³/mol. The van der Waals surface area contributed by atoms with E-state index in [1.807, 2.05) is 0 Å². The van der Waals surface area contributed by atoms with E-state index in [4.69, 9.17) is 5.73 Å². The van der Waals surface area contributed by atoms with Crippen LogP contribution in [0, 0.1) is 5.41 Å². The van der Waals surface area contributed by atoms with Crippen LogP contribution in [0.3, 0.4) is 0 Å². The van der Waals surface area contributed by atoms with E-state index in [1.165, 1.54) is 6.33 Å². The van der Waals surface area contributed by atoms with Crippen molar-refractivity contribution in [3.8, 4) is 0 Å². The van der Waals surface area contributed by atoms with E-state index in [0.29, 0.717) is 11.9 Å². The number of hydrogen-bond acceptors (Lipinski definition) is 4. The van der Waals surface area contributed by atoms with E-state index in [9.17, 15) is 0 Å². The zero-order chi connectivity index (χ0) is 13.2. The van der Waals surface area contributed by atoms with Crippen LogP contribution in [-0.4, -0.2) is 23.1 Å². The van der Waals surface area contributed by atoms with E-state index >= 15 is 0 Å². The van der Waals surface area contributed by atoms with E-state index in [-0.39, 0.29) is 5.41 Å². The lowest BCUT2D eigenvalue weighted by molar-refractivity contribution is 0.328. The lowest BCUT2D eigenvalue weighted by atomic mass is 9.87. The van der Waals surface area contributed by atoms with Crippen LogP contribution < -0.4 is 10.6 Å². The summed E-state index contributed by atoms with van der Waals surface area (Å²) < 4.78 is 0. The van der Waals surface area contributed by atoms with Crippen molar-refractivity contribution in [3.05, 3.63) is 11.9 Å². The van der Waals surface area contributed by atoms with Gasteiger partial charge in [0.2, 0.25) is 0 Å². The van der Waals surface area contributed by atoms with Crippen molar-refractivity contribution in [3.63, 3.8) is 0 Å². The first-order valence-electron chi connectivity index (χ1n) is 6.11. The van der Waals surface area contributed by atoms with Crippen molar-refractivity contribution in [1.82, 2.24) is 9.97 Å². The van der Waals surface area contributed by atoms with Gasteiger partial charge < -0.3 is 10.6 Å². The molecule has 1 atom stereocenters. The molecule has 1 rings (SSSR count). The summed E-state index contributed by atoms with van der Waals surface area (Å²) in [7, 11) is 2.07. The average Bonchev–Trinajstić information content (AvgIpc) is 2.25. The SMILES string of the molecule is CCc1c(N)ncnc1N(C)C(C)C(C)(C)C. The predicted octanol–water partition coefficient (Wildman–Crippen LogP) is 2.49. The smallest absolute Gasteiger partial charge is 0.137 e. The van der Waals surface area contributed by atoms with Crippen LogP contribution in [0.25, 0.3) is 0 Å². The molecule has 4 nitrogen and oxygen atoms in total. The van der Waals surface area contributed by atoms with E-state index in [1.54, 1.807) is 0 Å². The number of nitrogens with zero attached hydrogens (tertiary/aromatic N) is 3. The maximum atomic E-state index is 5.90. The van der Waals surface area contributed by atoms with Gasteiger partial charge in [0, 0.05) is 18.7 Å². The number of anilines is 2. The fourth-order valence-corrected chi connectivity index (χ4v) is 1.82. The minimum Gasteiger partial charge on any atom is -0.383 e. The molecule has 17 heavy (non-hydrogen) atoms. The average molecular weight is 236 g/mol. The van der Waals surface area contributed by atoms with Crippen LogP contribution in [0.15, 0.2) is 6.33 Å². The molecule has 0 saturated heterocycles. The van der Waals surface area contributed by atoms with Crippen LogP contribution in [0.5, 0.6) is 0 Å². The highest BCUT2D eigenvalue weighted by molar-refractivity contribution is 5.56. The summed E-state index contributed by atoms with van der Waals surface area (Å²) in [6.45, 7) is 11.0. The topological polar surface area (TPSA) is 55.0 Å². The monoisotopic (exact) mass is 236 g/mol. The quantitative estimate of drug-likeness (QED) is 0.876. The number of aromatic nitrogens is 2. The maximum absolute atomic E-state index is 5.90. The molecular formula is C13H24N4. The molecule has 0 aromatic carbocycles. The van der Waals surface area contributed by atoms with Gasteiger partial charge in [0.15, 0.2) is 0 Å². The minimum absolute atomic E-state index is 0.194. The Hall–Kier alpha value is -1.32. The molecule has 0 spiro atoms. The van der Waals surface area contributed by atoms with Gasteiger partial charge in [0.05, 0.1) is 0 Å². The highest BCUT2D eigenvalue weighted by Crippen LogP contribution is 2.29. The summed E-state index contributed by atoms with van der Waals surface area (Å²) >= 11 is 0. The molecule has 0 fully saturated rings. The van der Waals surface area contributed by atoms with Crippen molar-refractivity contribution >= 4 is 11.6 Å². The summed E-state index contributed by atoms with van der Waals surface area (Å²) in [5.41, 5.74) is 7.13. The van der Waals surface area contributed by atoms with Crippen LogP contribution in [0.2, 0.25) is 0 Å². The third kappa shape index (κ3) is 2.87. The van der Waals surface area contributed by atoms with E-state index in [0.717, 1.165) is 17.8 Å². The van der Waals surface area contributed by atoms with Gasteiger partial charge in [0.1, 0.15) is 18.0 Å². The van der Waals surface area contributed by atoms with Crippen molar-refractivity contribution in [1.29, 1.82) is 0 Å². The number of nitrogens with two attached hydrogens (primary N) is 1. The molecular weight excluding hydrogens is 212 g/mol. The summed E-state index contributed by atoms with van der Waals surface area (Å²) in [6, 6.07) is 0.377. The van der Waals surface area contributed by atoms with Crippen LogP contribution in [0.4, 0.5) is 11.6 Å². The lowest BCUT2D eigenvalue weighted by Crippen LogP contribution is -2.40. The Kier molecular flexibility index (Phi) is 3.96. The Bertz CT molecular complexity index is 381. The Morgan fingerprint density at radius 1 is 1.35 bits per heavy atom. The van der Waals surface area contributed by atoms with E-state index in [2.05, 4.69) is 56.5 Å². The Balaban J connectivity index is 3.12. The van der Waals surface area contributed by atoms with E-state index < -0.39 is 0 Å². The van der Waals surface area contributed by atoms with Crippen LogP contribution in [0.1, 0.15) is 40.2 Å². The maximum Gasteiger partial charge on any atom is 0.137 e. The number of hydrogen-bond donors (Lipinski definition) is 1. The molecule has 0 amide bonds. The van der Waals surface area contributed by atoms with Crippen molar-refractivity contribution in [2.75, 3.05) is 17.7 Å². The lowest BCUT2D eigenvalue weighted by Gasteiger charge is -2.37. The second kappa shape index (κ2) is 4.90. The van der Waals surface area contributed by atoms with Gasteiger partial charge in [-0.25, -0.2) is 9.97 Å². The first kappa shape index (κ1) is 13.7. The minimum atomic E-state index is 0.194. The molecule has 1 heterocycles. The van der Waals surface area contributed by atoms with Crippen molar-refractivity contribution in [2.45, 2.75) is 47.1 Å². The zero-order valence-electron chi connectivity index (χ0n) is 11.8. The third-order valence-electron chi connectivity index (χ3n) is 3.48. The molecule has 0 saturated carbocycles. The first-order chi connectivity index (χ1) is 7.79. The third-order valence-corrected chi connectivity index (χ3v) is 3.48. The largest absolute Gasteiger partial charge is 0.383 e. The molecule has 1 aromatic rings. The molecule has 1 unspecified atom stereocenters. The van der Waals surface area contributed by atoms with Gasteiger partial charge >= 0.3 is 0 Å². The van der Waals surface area contributed by atoms with Gasteiger partial charge in [0.25, 0.3) is 0 Å². The summed E-state index contributed by atoms with van der Waals surface area (Å²) in [5.74, 6) is 1.54. The Morgan fingerprint density at radius 3 is 2.41 bits per heavy atom. The van der Waals surface area contributed by atoms with Crippen LogP contribution >= 0.6 is 0 Å². The van der Waals surface area contributed by atoms with Gasteiger partial charge in [-0.3, -0.25) is 0 Å². The molecule has 96 valence electrons. The van der Waals surface area contributed by atoms with Crippen molar-refractivity contribution in [2.24, 2.45) is 5.41 Å². The van der Waals surface area contributed by atoms with Gasteiger partial charge in [-0.1, -0.05) is 27.7 Å². The normalized spacial score (nSPS) is 13.5. The highest BCUT2D eigenvalue weighted by atomic mass is 15.2. The Morgan fingerprint density at radius 2 is 1.94 bits per heavy atom. The molecule has 0 bridgehead atoms. The molecule has 1 aromatic heterocycles.